The van der Waals surface area contributed by atoms with Crippen LogP contribution in [0.1, 0.15) is 71.5 Å². The number of ether oxygens (including phenoxy) is 2. The van der Waals surface area contributed by atoms with Gasteiger partial charge in [0, 0.05) is 42.9 Å². The smallest absolute Gasteiger partial charge is 0.288 e. The summed E-state index contributed by atoms with van der Waals surface area (Å²) < 4.78 is 27.4. The maximum Gasteiger partial charge on any atom is 0.288 e. The Morgan fingerprint density at radius 2 is 2.02 bits per heavy atom. The molecule has 2 aromatic carbocycles. The Hall–Kier alpha value is -4.53. The zero-order valence-electron chi connectivity index (χ0n) is 25.6. The number of nitrogens with zero attached hydrogens (tertiary/aromatic N) is 5. The molecule has 46 heavy (non-hydrogen) atoms. The average molecular weight is 642 g/mol. The summed E-state index contributed by atoms with van der Waals surface area (Å²) in [5.41, 5.74) is 3.64. The SMILES string of the molecule is CNC(=O)c1nc(-c2cnc(CN3CCC(c4cccc5c4O[C@@](C)(c4ccc(Cl)cc4F)O5)CC3)c(CC3(C#N)CC3)c2)n[nH]1. The molecule has 12 heteroatoms. The second-order valence-corrected chi connectivity index (χ2v) is 12.9. The van der Waals surface area contributed by atoms with Crippen LogP contribution in [-0.2, 0) is 18.8 Å². The van der Waals surface area contributed by atoms with E-state index in [0.717, 1.165) is 55.6 Å². The number of H-pyrrole nitrogens is 1. The minimum Gasteiger partial charge on any atom is -0.444 e. The lowest BCUT2D eigenvalue weighted by Gasteiger charge is -2.33. The number of likely N-dealkylation sites (tertiary alicyclic amines) is 1. The number of piperidine rings is 1. The molecule has 4 aromatic rings. The van der Waals surface area contributed by atoms with Crippen molar-refractivity contribution in [1.82, 2.24) is 30.4 Å². The number of hydrogen-bond donors (Lipinski definition) is 2. The Morgan fingerprint density at radius 1 is 1.22 bits per heavy atom. The summed E-state index contributed by atoms with van der Waals surface area (Å²) in [5.74, 6) is -0.0909. The van der Waals surface area contributed by atoms with Crippen LogP contribution >= 0.6 is 11.6 Å². The van der Waals surface area contributed by atoms with Crippen LogP contribution in [0.5, 0.6) is 11.5 Å². The molecule has 7 rings (SSSR count). The van der Waals surface area contributed by atoms with Gasteiger partial charge in [-0.25, -0.2) is 9.37 Å². The van der Waals surface area contributed by atoms with E-state index in [1.54, 1.807) is 25.3 Å². The number of nitrogens with one attached hydrogen (secondary N) is 2. The number of hydrogen-bond acceptors (Lipinski definition) is 8. The Balaban J connectivity index is 1.06. The normalized spacial score (nSPS) is 20.3. The van der Waals surface area contributed by atoms with Crippen molar-refractivity contribution in [3.8, 4) is 29.0 Å². The molecular formula is C34H33ClFN7O3. The van der Waals surface area contributed by atoms with E-state index in [1.807, 2.05) is 18.2 Å². The van der Waals surface area contributed by atoms with E-state index in [-0.39, 0.29) is 23.1 Å². The molecular weight excluding hydrogens is 609 g/mol. The van der Waals surface area contributed by atoms with Crippen LogP contribution in [0.4, 0.5) is 4.39 Å². The second kappa shape index (κ2) is 11.7. The van der Waals surface area contributed by atoms with E-state index in [0.29, 0.717) is 46.4 Å². The number of rotatable bonds is 8. The Bertz CT molecular complexity index is 1860. The summed E-state index contributed by atoms with van der Waals surface area (Å²) in [4.78, 5) is 23.5. The lowest BCUT2D eigenvalue weighted by Crippen LogP contribution is -2.34. The number of carbonyl (C=O) groups excluding carboxylic acids is 1. The van der Waals surface area contributed by atoms with Gasteiger partial charge >= 0.3 is 0 Å². The van der Waals surface area contributed by atoms with Crippen LogP contribution in [-0.4, -0.2) is 51.1 Å². The van der Waals surface area contributed by atoms with Gasteiger partial charge < -0.3 is 14.8 Å². The van der Waals surface area contributed by atoms with E-state index < -0.39 is 11.6 Å². The Morgan fingerprint density at radius 3 is 2.74 bits per heavy atom. The number of para-hydroxylation sites is 1. The fraction of sp³-hybridized carbons (Fsp3) is 0.382. The fourth-order valence-corrected chi connectivity index (χ4v) is 6.62. The van der Waals surface area contributed by atoms with Gasteiger partial charge in [0.1, 0.15) is 5.82 Å². The quantitative estimate of drug-likeness (QED) is 0.244. The molecule has 2 aromatic heterocycles. The summed E-state index contributed by atoms with van der Waals surface area (Å²) in [5, 5.41) is 19.6. The van der Waals surface area contributed by atoms with Crippen molar-refractivity contribution in [3.05, 3.63) is 87.7 Å². The van der Waals surface area contributed by atoms with Crippen LogP contribution in [0.2, 0.25) is 5.02 Å². The first-order chi connectivity index (χ1) is 22.2. The molecule has 1 saturated heterocycles. The maximum absolute atomic E-state index is 14.8. The summed E-state index contributed by atoms with van der Waals surface area (Å²) in [6.45, 7) is 4.08. The number of carbonyl (C=O) groups is 1. The number of halogens is 2. The molecule has 0 unspecified atom stereocenters. The molecule has 3 aliphatic rings. The third-order valence-corrected chi connectivity index (χ3v) is 9.53. The third kappa shape index (κ3) is 5.67. The molecule has 1 atom stereocenters. The van der Waals surface area contributed by atoms with Crippen molar-refractivity contribution >= 4 is 17.5 Å². The van der Waals surface area contributed by atoms with E-state index in [4.69, 9.17) is 26.1 Å². The van der Waals surface area contributed by atoms with Crippen LogP contribution in [0.25, 0.3) is 11.4 Å². The highest BCUT2D eigenvalue weighted by Gasteiger charge is 2.44. The van der Waals surface area contributed by atoms with Gasteiger partial charge in [-0.15, -0.1) is 0 Å². The van der Waals surface area contributed by atoms with Gasteiger partial charge in [-0.3, -0.25) is 19.8 Å². The van der Waals surface area contributed by atoms with E-state index >= 15 is 0 Å². The first-order valence-corrected chi connectivity index (χ1v) is 15.8. The molecule has 1 saturated carbocycles. The summed E-state index contributed by atoms with van der Waals surface area (Å²) in [6.07, 6.45) is 5.90. The third-order valence-electron chi connectivity index (χ3n) is 9.30. The van der Waals surface area contributed by atoms with Gasteiger partial charge in [0.15, 0.2) is 17.3 Å². The van der Waals surface area contributed by atoms with Crippen LogP contribution in [0, 0.1) is 22.6 Å². The zero-order valence-corrected chi connectivity index (χ0v) is 26.3. The average Bonchev–Trinajstić information content (AvgIpc) is 3.47. The number of pyridine rings is 1. The van der Waals surface area contributed by atoms with Gasteiger partial charge in [-0.05, 0) is 87.0 Å². The maximum atomic E-state index is 14.8. The molecule has 2 N–H and O–H groups in total. The number of fused-ring (bicyclic) bond motifs is 1. The van der Waals surface area contributed by atoms with Crippen molar-refractivity contribution in [1.29, 1.82) is 5.26 Å². The zero-order chi connectivity index (χ0) is 32.1. The lowest BCUT2D eigenvalue weighted by molar-refractivity contribution is -0.0712. The monoisotopic (exact) mass is 641 g/mol. The van der Waals surface area contributed by atoms with Crippen LogP contribution in [0.15, 0.2) is 48.7 Å². The molecule has 0 bridgehead atoms. The van der Waals surface area contributed by atoms with Gasteiger partial charge in [-0.1, -0.05) is 23.7 Å². The Kier molecular flexibility index (Phi) is 7.65. The van der Waals surface area contributed by atoms with E-state index in [1.165, 1.54) is 13.1 Å². The first kappa shape index (κ1) is 30.1. The van der Waals surface area contributed by atoms with E-state index in [2.05, 4.69) is 37.5 Å². The van der Waals surface area contributed by atoms with Crippen LogP contribution < -0.4 is 14.8 Å². The Labute approximate surface area is 270 Å². The summed E-state index contributed by atoms with van der Waals surface area (Å²) in [6, 6.07) is 14.9. The van der Waals surface area contributed by atoms with Crippen molar-refractivity contribution < 1.29 is 18.7 Å². The molecule has 4 heterocycles. The number of aromatic nitrogens is 4. The van der Waals surface area contributed by atoms with Crippen molar-refractivity contribution in [2.75, 3.05) is 20.1 Å². The first-order valence-electron chi connectivity index (χ1n) is 15.4. The minimum atomic E-state index is -1.29. The molecule has 2 fully saturated rings. The highest BCUT2D eigenvalue weighted by atomic mass is 35.5. The molecule has 1 aliphatic carbocycles. The molecule has 1 amide bonds. The molecule has 10 nitrogen and oxygen atoms in total. The summed E-state index contributed by atoms with van der Waals surface area (Å²) in [7, 11) is 1.54. The fourth-order valence-electron chi connectivity index (χ4n) is 6.46. The predicted molar refractivity (Wildman–Crippen MR) is 168 cm³/mol. The van der Waals surface area contributed by atoms with Crippen molar-refractivity contribution in [3.63, 3.8) is 0 Å². The predicted octanol–water partition coefficient (Wildman–Crippen LogP) is 5.89. The number of benzene rings is 2. The minimum absolute atomic E-state index is 0.129. The van der Waals surface area contributed by atoms with Gasteiger partial charge in [-0.2, -0.15) is 10.4 Å². The number of amides is 1. The van der Waals surface area contributed by atoms with Crippen molar-refractivity contribution in [2.24, 2.45) is 5.41 Å². The lowest BCUT2D eigenvalue weighted by atomic mass is 9.88. The summed E-state index contributed by atoms with van der Waals surface area (Å²) >= 11 is 5.98. The second-order valence-electron chi connectivity index (χ2n) is 12.5. The molecule has 0 spiro atoms. The molecule has 236 valence electrons. The van der Waals surface area contributed by atoms with E-state index in [9.17, 15) is 14.4 Å². The van der Waals surface area contributed by atoms with Crippen molar-refractivity contribution in [2.45, 2.75) is 57.3 Å². The largest absolute Gasteiger partial charge is 0.444 e. The van der Waals surface area contributed by atoms with Crippen LogP contribution in [0.3, 0.4) is 0 Å². The van der Waals surface area contributed by atoms with Gasteiger partial charge in [0.2, 0.25) is 5.82 Å². The highest BCUT2D eigenvalue weighted by Crippen LogP contribution is 2.50. The highest BCUT2D eigenvalue weighted by molar-refractivity contribution is 6.30. The van der Waals surface area contributed by atoms with Gasteiger partial charge in [0.05, 0.1) is 22.7 Å². The topological polar surface area (TPSA) is 129 Å². The number of nitriles is 1. The standard InChI is InChI=1S/C34H33ClFN7O3/c1-33(25-7-6-23(35)15-26(25)36)45-28-5-3-4-24(29(28)46-33)20-8-12-43(13-9-20)18-27-21(16-34(19-37)10-11-34)14-22(17-39-27)30-40-31(42-41-30)32(44)38-2/h3-7,14-15,17,20H,8-13,16,18H2,1-2H3,(H,38,44)(H,40,41,42)/t33-/m0/s1. The molecule has 0 radical (unpaired) electrons. The van der Waals surface area contributed by atoms with Gasteiger partial charge in [0.25, 0.3) is 11.7 Å². The molecule has 2 aliphatic heterocycles. The number of aromatic amines is 1.